The summed E-state index contributed by atoms with van der Waals surface area (Å²) in [5.74, 6) is 3.30. The van der Waals surface area contributed by atoms with E-state index in [0.29, 0.717) is 11.5 Å². The Bertz CT molecular complexity index is 503. The Kier molecular flexibility index (Phi) is 4.42. The second kappa shape index (κ2) is 6.46. The van der Waals surface area contributed by atoms with Crippen molar-refractivity contribution in [1.82, 2.24) is 10.3 Å². The van der Waals surface area contributed by atoms with Crippen molar-refractivity contribution in [3.63, 3.8) is 0 Å². The number of anilines is 1. The first-order chi connectivity index (χ1) is 10.3. The van der Waals surface area contributed by atoms with Gasteiger partial charge in [0.2, 0.25) is 0 Å². The molecular weight excluding hydrogens is 262 g/mol. The fourth-order valence-corrected chi connectivity index (χ4v) is 3.87. The third kappa shape index (κ3) is 3.36. The molecule has 4 nitrogen and oxygen atoms in total. The molecule has 0 saturated heterocycles. The molecule has 114 valence electrons. The van der Waals surface area contributed by atoms with E-state index >= 15 is 0 Å². The average molecular weight is 287 g/mol. The highest BCUT2D eigenvalue weighted by molar-refractivity contribution is 5.94. The van der Waals surface area contributed by atoms with Crippen LogP contribution >= 0.6 is 0 Å². The number of amides is 1. The Balaban J connectivity index is 1.53. The molecule has 1 aromatic heterocycles. The third-order valence-corrected chi connectivity index (χ3v) is 4.99. The van der Waals surface area contributed by atoms with Gasteiger partial charge in [-0.25, -0.2) is 4.98 Å². The molecule has 1 aromatic rings. The van der Waals surface area contributed by atoms with Crippen LogP contribution in [0.2, 0.25) is 0 Å². The Morgan fingerprint density at radius 2 is 2.29 bits per heavy atom. The normalized spacial score (nSPS) is 26.8. The Morgan fingerprint density at radius 1 is 1.38 bits per heavy atom. The van der Waals surface area contributed by atoms with E-state index < -0.39 is 0 Å². The van der Waals surface area contributed by atoms with E-state index in [2.05, 4.69) is 22.5 Å². The summed E-state index contributed by atoms with van der Waals surface area (Å²) in [6.45, 7) is 3.82. The van der Waals surface area contributed by atoms with E-state index in [-0.39, 0.29) is 5.91 Å². The van der Waals surface area contributed by atoms with Gasteiger partial charge in [0, 0.05) is 24.8 Å². The summed E-state index contributed by atoms with van der Waals surface area (Å²) in [5, 5.41) is 6.33. The minimum absolute atomic E-state index is 0.0275. The van der Waals surface area contributed by atoms with Gasteiger partial charge in [0.25, 0.3) is 5.91 Å². The summed E-state index contributed by atoms with van der Waals surface area (Å²) in [4.78, 5) is 16.5. The van der Waals surface area contributed by atoms with Crippen LogP contribution < -0.4 is 10.6 Å². The van der Waals surface area contributed by atoms with Crippen LogP contribution in [0.4, 0.5) is 5.82 Å². The van der Waals surface area contributed by atoms with Gasteiger partial charge in [-0.1, -0.05) is 13.3 Å². The third-order valence-electron chi connectivity index (χ3n) is 4.99. The quantitative estimate of drug-likeness (QED) is 0.845. The van der Waals surface area contributed by atoms with Crippen molar-refractivity contribution >= 4 is 11.7 Å². The van der Waals surface area contributed by atoms with Crippen LogP contribution in [0.25, 0.3) is 0 Å². The lowest BCUT2D eigenvalue weighted by Crippen LogP contribution is -2.31. The molecule has 21 heavy (non-hydrogen) atoms. The van der Waals surface area contributed by atoms with Crippen molar-refractivity contribution in [2.24, 2.45) is 17.8 Å². The maximum atomic E-state index is 12.3. The molecule has 2 aliphatic rings. The summed E-state index contributed by atoms with van der Waals surface area (Å²) in [6, 6.07) is 3.62. The monoisotopic (exact) mass is 287 g/mol. The van der Waals surface area contributed by atoms with Crippen LogP contribution in [0.1, 0.15) is 49.4 Å². The van der Waals surface area contributed by atoms with Gasteiger partial charge < -0.3 is 10.6 Å². The van der Waals surface area contributed by atoms with E-state index in [9.17, 15) is 4.79 Å². The number of fused-ring (bicyclic) bond motifs is 2. The van der Waals surface area contributed by atoms with E-state index in [1.165, 1.54) is 25.7 Å². The molecular formula is C17H25N3O. The molecule has 2 bridgehead atoms. The van der Waals surface area contributed by atoms with Gasteiger partial charge in [0.15, 0.2) is 0 Å². The summed E-state index contributed by atoms with van der Waals surface area (Å²) in [5.41, 5.74) is 0.701. The standard InChI is InChI=1S/C17H25N3O/c1-2-6-18-16-10-14(5-7-19-16)17(21)20-11-15-9-12-3-4-13(15)8-12/h5,7,10,12-13,15H,2-4,6,8-9,11H2,1H3,(H,18,19)(H,20,21). The molecule has 1 heterocycles. The van der Waals surface area contributed by atoms with Crippen LogP contribution in [0.3, 0.4) is 0 Å². The zero-order chi connectivity index (χ0) is 14.7. The molecule has 0 spiro atoms. The van der Waals surface area contributed by atoms with Crippen molar-refractivity contribution in [2.75, 3.05) is 18.4 Å². The predicted molar refractivity (Wildman–Crippen MR) is 84.3 cm³/mol. The first-order valence-corrected chi connectivity index (χ1v) is 8.24. The first kappa shape index (κ1) is 14.4. The molecule has 2 saturated carbocycles. The fraction of sp³-hybridized carbons (Fsp3) is 0.647. The van der Waals surface area contributed by atoms with Gasteiger partial charge in [-0.3, -0.25) is 4.79 Å². The number of pyridine rings is 1. The van der Waals surface area contributed by atoms with Gasteiger partial charge in [-0.2, -0.15) is 0 Å². The second-order valence-electron chi connectivity index (χ2n) is 6.50. The molecule has 0 aliphatic heterocycles. The molecule has 0 radical (unpaired) electrons. The predicted octanol–water partition coefficient (Wildman–Crippen LogP) is 3.07. The molecule has 2 aliphatic carbocycles. The first-order valence-electron chi connectivity index (χ1n) is 8.24. The lowest BCUT2D eigenvalue weighted by molar-refractivity contribution is 0.0941. The largest absolute Gasteiger partial charge is 0.370 e. The lowest BCUT2D eigenvalue weighted by Gasteiger charge is -2.21. The molecule has 3 rings (SSSR count). The lowest BCUT2D eigenvalue weighted by atomic mass is 9.89. The molecule has 1 amide bonds. The maximum Gasteiger partial charge on any atom is 0.251 e. The van der Waals surface area contributed by atoms with Gasteiger partial charge in [-0.05, 0) is 55.6 Å². The SMILES string of the molecule is CCCNc1cc(C(=O)NCC2CC3CCC2C3)ccn1. The van der Waals surface area contributed by atoms with E-state index in [4.69, 9.17) is 0 Å². The summed E-state index contributed by atoms with van der Waals surface area (Å²) in [7, 11) is 0. The second-order valence-corrected chi connectivity index (χ2v) is 6.50. The van der Waals surface area contributed by atoms with Gasteiger partial charge in [-0.15, -0.1) is 0 Å². The molecule has 2 fully saturated rings. The fourth-order valence-electron chi connectivity index (χ4n) is 3.87. The van der Waals surface area contributed by atoms with Crippen molar-refractivity contribution < 1.29 is 4.79 Å². The number of aromatic nitrogens is 1. The summed E-state index contributed by atoms with van der Waals surface area (Å²) in [6.07, 6.45) is 8.22. The van der Waals surface area contributed by atoms with Crippen molar-refractivity contribution in [1.29, 1.82) is 0 Å². The van der Waals surface area contributed by atoms with Gasteiger partial charge >= 0.3 is 0 Å². The number of nitrogens with one attached hydrogen (secondary N) is 2. The van der Waals surface area contributed by atoms with E-state index in [1.807, 2.05) is 6.07 Å². The Hall–Kier alpha value is -1.58. The van der Waals surface area contributed by atoms with Crippen LogP contribution in [-0.2, 0) is 0 Å². The van der Waals surface area contributed by atoms with Crippen LogP contribution in [0.15, 0.2) is 18.3 Å². The van der Waals surface area contributed by atoms with Crippen molar-refractivity contribution in [3.05, 3.63) is 23.9 Å². The zero-order valence-electron chi connectivity index (χ0n) is 12.8. The summed E-state index contributed by atoms with van der Waals surface area (Å²) >= 11 is 0. The van der Waals surface area contributed by atoms with Crippen molar-refractivity contribution in [3.8, 4) is 0 Å². The Labute approximate surface area is 126 Å². The number of hydrogen-bond donors (Lipinski definition) is 2. The smallest absolute Gasteiger partial charge is 0.251 e. The number of rotatable bonds is 6. The number of carbonyl (C=O) groups is 1. The maximum absolute atomic E-state index is 12.3. The zero-order valence-corrected chi connectivity index (χ0v) is 12.8. The highest BCUT2D eigenvalue weighted by atomic mass is 16.1. The highest BCUT2D eigenvalue weighted by Crippen LogP contribution is 2.47. The number of nitrogens with zero attached hydrogens (tertiary/aromatic N) is 1. The Morgan fingerprint density at radius 3 is 3.00 bits per heavy atom. The van der Waals surface area contributed by atoms with Gasteiger partial charge in [0.05, 0.1) is 0 Å². The van der Waals surface area contributed by atoms with E-state index in [1.54, 1.807) is 12.3 Å². The molecule has 3 atom stereocenters. The highest BCUT2D eigenvalue weighted by Gasteiger charge is 2.39. The van der Waals surface area contributed by atoms with Crippen LogP contribution in [0, 0.1) is 17.8 Å². The minimum Gasteiger partial charge on any atom is -0.370 e. The number of hydrogen-bond acceptors (Lipinski definition) is 3. The molecule has 4 heteroatoms. The molecule has 2 N–H and O–H groups in total. The van der Waals surface area contributed by atoms with Gasteiger partial charge in [0.1, 0.15) is 5.82 Å². The van der Waals surface area contributed by atoms with Crippen LogP contribution in [-0.4, -0.2) is 24.0 Å². The van der Waals surface area contributed by atoms with Crippen molar-refractivity contribution in [2.45, 2.75) is 39.0 Å². The van der Waals surface area contributed by atoms with E-state index in [0.717, 1.165) is 37.2 Å². The van der Waals surface area contributed by atoms with Crippen LogP contribution in [0.5, 0.6) is 0 Å². The summed E-state index contributed by atoms with van der Waals surface area (Å²) < 4.78 is 0. The molecule has 3 unspecified atom stereocenters. The minimum atomic E-state index is 0.0275. The molecule has 0 aromatic carbocycles. The average Bonchev–Trinajstić information content (AvgIpc) is 3.13. The topological polar surface area (TPSA) is 54.0 Å². The number of carbonyl (C=O) groups excluding carboxylic acids is 1.